The maximum atomic E-state index is 13.4. The zero-order valence-corrected chi connectivity index (χ0v) is 30.6. The molecular weight excluding hydrogens is 697 g/mol. The second kappa shape index (κ2) is 17.2. The number of carbonyl (C=O) groups excluding carboxylic acids is 3. The van der Waals surface area contributed by atoms with Gasteiger partial charge >= 0.3 is 17.9 Å². The lowest BCUT2D eigenvalue weighted by Crippen LogP contribution is -2.10. The molecule has 6 rings (SSSR count). The maximum Gasteiger partial charge on any atom is 0.343 e. The Bertz CT molecular complexity index is 2210. The molecule has 0 amide bonds. The molecule has 0 bridgehead atoms. The zero-order valence-electron chi connectivity index (χ0n) is 29.0. The van der Waals surface area contributed by atoms with Gasteiger partial charge in [-0.25, -0.2) is 24.4 Å². The van der Waals surface area contributed by atoms with Crippen LogP contribution in [0.4, 0.5) is 0 Å². The first-order valence-electron chi connectivity index (χ1n) is 17.2. The van der Waals surface area contributed by atoms with Crippen LogP contribution in [0.2, 0.25) is 0 Å². The summed E-state index contributed by atoms with van der Waals surface area (Å²) in [6.45, 7) is 8.44. The highest BCUT2D eigenvalue weighted by atomic mass is 32.1. The monoisotopic (exact) mass is 734 g/mol. The van der Waals surface area contributed by atoms with Crippen LogP contribution in [0.5, 0.6) is 17.2 Å². The van der Waals surface area contributed by atoms with Crippen molar-refractivity contribution in [2.24, 2.45) is 0 Å². The zero-order chi connectivity index (χ0) is 36.5. The number of fused-ring (bicyclic) bond motifs is 2. The Balaban J connectivity index is 1.16. The number of hydrogen-bond acceptors (Lipinski definition) is 11. The van der Waals surface area contributed by atoms with E-state index in [0.717, 1.165) is 65.9 Å². The fourth-order valence-corrected chi connectivity index (χ4v) is 7.53. The Morgan fingerprint density at radius 2 is 1.40 bits per heavy atom. The Labute approximate surface area is 309 Å². The number of nitrogens with zero attached hydrogens (tertiary/aromatic N) is 2. The molecule has 6 aromatic rings. The van der Waals surface area contributed by atoms with Gasteiger partial charge in [-0.05, 0) is 111 Å². The number of carbonyl (C=O) groups is 3. The smallest absolute Gasteiger partial charge is 0.343 e. The van der Waals surface area contributed by atoms with Gasteiger partial charge in [0.05, 0.1) is 34.6 Å². The fraction of sp³-hybridized carbons (Fsp3) is 0.244. The van der Waals surface area contributed by atoms with Gasteiger partial charge in [0.25, 0.3) is 0 Å². The summed E-state index contributed by atoms with van der Waals surface area (Å²) in [5.41, 5.74) is 4.33. The summed E-state index contributed by atoms with van der Waals surface area (Å²) in [4.78, 5) is 47.3. The van der Waals surface area contributed by atoms with Crippen molar-refractivity contribution in [2.45, 2.75) is 52.4 Å². The van der Waals surface area contributed by atoms with Gasteiger partial charge in [-0.2, -0.15) is 0 Å². The number of aromatic nitrogens is 2. The van der Waals surface area contributed by atoms with Gasteiger partial charge in [0.1, 0.15) is 16.0 Å². The van der Waals surface area contributed by atoms with Gasteiger partial charge in [0.15, 0.2) is 21.5 Å². The number of ether oxygens (including phenoxy) is 4. The van der Waals surface area contributed by atoms with Crippen molar-refractivity contribution in [1.82, 2.24) is 9.97 Å². The highest BCUT2D eigenvalue weighted by molar-refractivity contribution is 7.28. The minimum absolute atomic E-state index is 0.259. The van der Waals surface area contributed by atoms with Gasteiger partial charge in [-0.15, -0.1) is 22.7 Å². The first-order chi connectivity index (χ1) is 25.3. The number of thiazole rings is 2. The van der Waals surface area contributed by atoms with Gasteiger partial charge in [0.2, 0.25) is 0 Å². The fourth-order valence-electron chi connectivity index (χ4n) is 5.42. The Morgan fingerprint density at radius 1 is 0.750 bits per heavy atom. The molecular formula is C41H38N2O7S2. The molecule has 9 nitrogen and oxygen atoms in total. The second-order valence-corrected chi connectivity index (χ2v) is 14.2. The van der Waals surface area contributed by atoms with Crippen LogP contribution in [-0.2, 0) is 16.0 Å². The van der Waals surface area contributed by atoms with E-state index in [1.165, 1.54) is 22.7 Å². The maximum absolute atomic E-state index is 13.4. The van der Waals surface area contributed by atoms with Crippen molar-refractivity contribution >= 4 is 61.0 Å². The van der Waals surface area contributed by atoms with Crippen molar-refractivity contribution in [3.63, 3.8) is 0 Å². The molecule has 0 radical (unpaired) electrons. The number of benzene rings is 4. The first-order valence-corrected chi connectivity index (χ1v) is 18.8. The predicted molar refractivity (Wildman–Crippen MR) is 205 cm³/mol. The topological polar surface area (TPSA) is 114 Å². The van der Waals surface area contributed by atoms with E-state index in [-0.39, 0.29) is 5.75 Å². The standard InChI is InChI=1S/C41H38N2O7S2/c1-4-10-27-12-14-28(15-13-27)40(45)49-32-21-22-33(37-36(32)43-39(52-37)38-42-31-20-11-26(3)25-34(31)51-38)50-41(46)29-16-18-30(19-17-29)47-23-8-6-7-9-24-48-35(44)5-2/h5,11-22,25H,2,4,6-10,23-24H2,1,3H3. The Kier molecular flexibility index (Phi) is 12.1. The number of rotatable bonds is 16. The normalized spacial score (nSPS) is 11.0. The summed E-state index contributed by atoms with van der Waals surface area (Å²) < 4.78 is 24.2. The molecule has 0 saturated heterocycles. The van der Waals surface area contributed by atoms with Crippen molar-refractivity contribution in [1.29, 1.82) is 0 Å². The molecule has 52 heavy (non-hydrogen) atoms. The number of esters is 3. The van der Waals surface area contributed by atoms with Crippen molar-refractivity contribution < 1.29 is 33.3 Å². The number of hydrogen-bond donors (Lipinski definition) is 0. The third-order valence-electron chi connectivity index (χ3n) is 8.14. The molecule has 2 heterocycles. The lowest BCUT2D eigenvalue weighted by molar-refractivity contribution is -0.137. The first kappa shape index (κ1) is 36.4. The molecule has 0 aliphatic carbocycles. The minimum atomic E-state index is -0.549. The quantitative estimate of drug-likeness (QED) is 0.0415. The molecule has 2 aromatic heterocycles. The van der Waals surface area contributed by atoms with E-state index < -0.39 is 17.9 Å². The van der Waals surface area contributed by atoms with E-state index in [4.69, 9.17) is 28.9 Å². The average molecular weight is 735 g/mol. The van der Waals surface area contributed by atoms with Gasteiger partial charge in [-0.1, -0.05) is 38.1 Å². The molecule has 266 valence electrons. The van der Waals surface area contributed by atoms with E-state index >= 15 is 0 Å². The molecule has 0 atom stereocenters. The van der Waals surface area contributed by atoms with E-state index in [9.17, 15) is 14.4 Å². The van der Waals surface area contributed by atoms with E-state index in [2.05, 4.69) is 19.6 Å². The van der Waals surface area contributed by atoms with Crippen molar-refractivity contribution in [3.8, 4) is 27.3 Å². The van der Waals surface area contributed by atoms with Crippen LogP contribution in [0.3, 0.4) is 0 Å². The molecule has 0 aliphatic rings. The number of aryl methyl sites for hydroxylation is 2. The Hall–Kier alpha value is -5.39. The van der Waals surface area contributed by atoms with E-state index in [1.807, 2.05) is 31.2 Å². The van der Waals surface area contributed by atoms with Gasteiger partial charge < -0.3 is 18.9 Å². The molecule has 11 heteroatoms. The van der Waals surface area contributed by atoms with E-state index in [1.54, 1.807) is 48.5 Å². The van der Waals surface area contributed by atoms with Crippen LogP contribution in [0.25, 0.3) is 30.4 Å². The molecule has 0 unspecified atom stereocenters. The van der Waals surface area contributed by atoms with Gasteiger partial charge in [0, 0.05) is 6.08 Å². The van der Waals surface area contributed by atoms with Crippen molar-refractivity contribution in [3.05, 3.63) is 114 Å². The molecule has 0 fully saturated rings. The molecule has 0 aliphatic heterocycles. The average Bonchev–Trinajstić information content (AvgIpc) is 3.79. The van der Waals surface area contributed by atoms with Crippen LogP contribution < -0.4 is 14.2 Å². The van der Waals surface area contributed by atoms with Crippen LogP contribution in [0, 0.1) is 6.92 Å². The summed E-state index contributed by atoms with van der Waals surface area (Å²) >= 11 is 2.85. The Morgan fingerprint density at radius 3 is 2.12 bits per heavy atom. The minimum Gasteiger partial charge on any atom is -0.494 e. The van der Waals surface area contributed by atoms with Gasteiger partial charge in [-0.3, -0.25) is 0 Å². The molecule has 0 spiro atoms. The lowest BCUT2D eigenvalue weighted by atomic mass is 10.1. The highest BCUT2D eigenvalue weighted by Crippen LogP contribution is 2.42. The van der Waals surface area contributed by atoms with Crippen LogP contribution in [0.15, 0.2) is 91.5 Å². The summed E-state index contributed by atoms with van der Waals surface area (Å²) in [6.07, 6.45) is 6.60. The van der Waals surface area contributed by atoms with E-state index in [0.29, 0.717) is 56.1 Å². The van der Waals surface area contributed by atoms with Crippen molar-refractivity contribution in [2.75, 3.05) is 13.2 Å². The third-order valence-corrected chi connectivity index (χ3v) is 10.4. The predicted octanol–water partition coefficient (Wildman–Crippen LogP) is 9.94. The summed E-state index contributed by atoms with van der Waals surface area (Å²) in [5.74, 6) is -0.264. The largest absolute Gasteiger partial charge is 0.494 e. The summed E-state index contributed by atoms with van der Waals surface area (Å²) in [6, 6.07) is 23.5. The van der Waals surface area contributed by atoms with Crippen LogP contribution in [-0.4, -0.2) is 41.1 Å². The summed E-state index contributed by atoms with van der Waals surface area (Å²) in [5, 5.41) is 1.34. The third kappa shape index (κ3) is 9.09. The second-order valence-electron chi connectivity index (χ2n) is 12.1. The molecule has 0 N–H and O–H groups in total. The lowest BCUT2D eigenvalue weighted by Gasteiger charge is -2.10. The molecule has 4 aromatic carbocycles. The SMILES string of the molecule is C=CC(=O)OCCCCCCOc1ccc(C(=O)Oc2ccc(OC(=O)c3ccc(CCC)cc3)c3nc(-c4nc5ccc(C)cc5s4)sc23)cc1. The van der Waals surface area contributed by atoms with Crippen LogP contribution in [0.1, 0.15) is 70.9 Å². The van der Waals surface area contributed by atoms with Crippen LogP contribution >= 0.6 is 22.7 Å². The highest BCUT2D eigenvalue weighted by Gasteiger charge is 2.22. The molecule has 0 saturated carbocycles. The number of unbranched alkanes of at least 4 members (excludes halogenated alkanes) is 3. The summed E-state index contributed by atoms with van der Waals surface area (Å²) in [7, 11) is 0.